The van der Waals surface area contributed by atoms with E-state index in [1.54, 1.807) is 6.92 Å². The van der Waals surface area contributed by atoms with Crippen LogP contribution in [-0.4, -0.2) is 34.1 Å². The Morgan fingerprint density at radius 1 is 1.18 bits per heavy atom. The van der Waals surface area contributed by atoms with Gasteiger partial charge in [0, 0.05) is 30.8 Å². The number of benzene rings is 1. The zero-order valence-electron chi connectivity index (χ0n) is 15.5. The van der Waals surface area contributed by atoms with Crippen LogP contribution in [0.15, 0.2) is 30.4 Å². The highest BCUT2D eigenvalue weighted by Crippen LogP contribution is 2.49. The Hall–Kier alpha value is -3.03. The number of hydrogen-bond donors (Lipinski definition) is 1. The molecule has 5 rings (SSSR count). The quantitative estimate of drug-likeness (QED) is 0.363. The third-order valence-electron chi connectivity index (χ3n) is 6.11. The largest absolute Gasteiger partial charge is 0.326 e. The molecule has 8 heteroatoms. The molecule has 1 N–H and O–H groups in total. The van der Waals surface area contributed by atoms with Crippen molar-refractivity contribution in [1.29, 1.82) is 0 Å². The van der Waals surface area contributed by atoms with E-state index in [9.17, 15) is 24.5 Å². The number of nitrogens with one attached hydrogen (secondary N) is 1. The molecule has 1 saturated carbocycles. The van der Waals surface area contributed by atoms with Gasteiger partial charge in [-0.1, -0.05) is 12.2 Å². The van der Waals surface area contributed by atoms with Crippen LogP contribution in [0.25, 0.3) is 0 Å². The van der Waals surface area contributed by atoms with Crippen LogP contribution in [0.3, 0.4) is 0 Å². The van der Waals surface area contributed by atoms with E-state index in [-0.39, 0.29) is 60.0 Å². The fourth-order valence-corrected chi connectivity index (χ4v) is 4.68. The molecule has 2 bridgehead atoms. The molecule has 0 aromatic heterocycles. The summed E-state index contributed by atoms with van der Waals surface area (Å²) >= 11 is 0. The molecular formula is C20H21N3O5. The summed E-state index contributed by atoms with van der Waals surface area (Å²) < 4.78 is 0. The summed E-state index contributed by atoms with van der Waals surface area (Å²) in [6, 6.07) is 4.19. The maximum atomic E-state index is 12.7. The van der Waals surface area contributed by atoms with E-state index in [0.29, 0.717) is 11.3 Å². The van der Waals surface area contributed by atoms with Gasteiger partial charge in [-0.05, 0) is 43.2 Å². The third-order valence-corrected chi connectivity index (χ3v) is 6.11. The second-order valence-corrected chi connectivity index (χ2v) is 7.72. The van der Waals surface area contributed by atoms with Crippen LogP contribution in [0.1, 0.15) is 24.8 Å². The van der Waals surface area contributed by atoms with Gasteiger partial charge in [0.2, 0.25) is 17.7 Å². The summed E-state index contributed by atoms with van der Waals surface area (Å²) in [5, 5.41) is 13.5. The summed E-state index contributed by atoms with van der Waals surface area (Å²) in [6.07, 6.45) is 6.00. The lowest BCUT2D eigenvalue weighted by Crippen LogP contribution is -2.38. The second-order valence-electron chi connectivity index (χ2n) is 7.72. The first-order valence-electron chi connectivity index (χ1n) is 9.45. The summed E-state index contributed by atoms with van der Waals surface area (Å²) in [4.78, 5) is 49.3. The van der Waals surface area contributed by atoms with Gasteiger partial charge in [0.1, 0.15) is 0 Å². The number of non-ortho nitro benzene ring substituents is 1. The highest BCUT2D eigenvalue weighted by molar-refractivity contribution is 6.06. The average molecular weight is 383 g/mol. The number of amides is 3. The molecule has 0 radical (unpaired) electrons. The number of imide groups is 1. The SMILES string of the molecule is Cc1cc([N+](=O)[O-])ccc1NC(=O)CCN1C(=O)[C@@H]2[C@@H](C1=O)[C@H]1C=C[C@H]2CC1. The smallest absolute Gasteiger partial charge is 0.269 e. The summed E-state index contributed by atoms with van der Waals surface area (Å²) in [5.74, 6) is -0.927. The van der Waals surface area contributed by atoms with Gasteiger partial charge in [-0.2, -0.15) is 0 Å². The van der Waals surface area contributed by atoms with Crippen LogP contribution in [0.2, 0.25) is 0 Å². The normalized spacial score (nSPS) is 27.8. The number of allylic oxidation sites excluding steroid dienone is 2. The second kappa shape index (κ2) is 6.85. The molecule has 28 heavy (non-hydrogen) atoms. The number of aryl methyl sites for hydroxylation is 1. The van der Waals surface area contributed by atoms with E-state index in [0.717, 1.165) is 12.8 Å². The van der Waals surface area contributed by atoms with E-state index in [1.807, 2.05) is 0 Å². The maximum absolute atomic E-state index is 12.7. The number of nitro groups is 1. The lowest BCUT2D eigenvalue weighted by atomic mass is 9.63. The molecule has 1 saturated heterocycles. The van der Waals surface area contributed by atoms with Gasteiger partial charge in [-0.15, -0.1) is 0 Å². The average Bonchev–Trinajstić information content (AvgIpc) is 2.95. The van der Waals surface area contributed by atoms with Gasteiger partial charge in [0.15, 0.2) is 0 Å². The van der Waals surface area contributed by atoms with Gasteiger partial charge in [-0.25, -0.2) is 0 Å². The fraction of sp³-hybridized carbons (Fsp3) is 0.450. The molecule has 146 valence electrons. The number of carbonyl (C=O) groups excluding carboxylic acids is 3. The molecule has 1 aliphatic heterocycles. The standard InChI is InChI=1S/C20H21N3O5/c1-11-10-14(23(27)28)6-7-15(11)21-16(24)8-9-22-19(25)17-12-2-3-13(5-4-12)18(17)20(22)26/h2-3,6-7,10,12-13,17-18H,4-5,8-9H2,1H3,(H,21,24)/t12-,13-,17-,18-/m0/s1. The molecule has 0 spiro atoms. The molecule has 4 aliphatic rings. The minimum atomic E-state index is -0.495. The maximum Gasteiger partial charge on any atom is 0.269 e. The van der Waals surface area contributed by atoms with Gasteiger partial charge in [-0.3, -0.25) is 29.4 Å². The number of rotatable bonds is 5. The van der Waals surface area contributed by atoms with Crippen molar-refractivity contribution in [3.63, 3.8) is 0 Å². The Balaban J connectivity index is 1.38. The highest BCUT2D eigenvalue weighted by Gasteiger charge is 2.56. The number of anilines is 1. The Bertz CT molecular complexity index is 877. The number of hydrogen-bond acceptors (Lipinski definition) is 5. The predicted octanol–water partition coefficient (Wildman–Crippen LogP) is 2.43. The molecule has 3 amide bonds. The Kier molecular flexibility index (Phi) is 4.49. The molecule has 1 aromatic rings. The lowest BCUT2D eigenvalue weighted by Gasteiger charge is -2.38. The molecule has 1 heterocycles. The van der Waals surface area contributed by atoms with Crippen LogP contribution < -0.4 is 5.32 Å². The number of likely N-dealkylation sites (tertiary alicyclic amines) is 1. The molecule has 1 aromatic carbocycles. The van der Waals surface area contributed by atoms with Crippen molar-refractivity contribution in [3.8, 4) is 0 Å². The lowest BCUT2D eigenvalue weighted by molar-refractivity contribution is -0.384. The zero-order valence-corrected chi connectivity index (χ0v) is 15.5. The molecule has 0 unspecified atom stereocenters. The van der Waals surface area contributed by atoms with Crippen molar-refractivity contribution in [2.24, 2.45) is 23.7 Å². The summed E-state index contributed by atoms with van der Waals surface area (Å²) in [6.45, 7) is 1.73. The van der Waals surface area contributed by atoms with Gasteiger partial charge in [0.05, 0.1) is 16.8 Å². The highest BCUT2D eigenvalue weighted by atomic mass is 16.6. The molecule has 8 nitrogen and oxygen atoms in total. The van der Waals surface area contributed by atoms with E-state index in [2.05, 4.69) is 17.5 Å². The van der Waals surface area contributed by atoms with E-state index < -0.39 is 4.92 Å². The van der Waals surface area contributed by atoms with Crippen molar-refractivity contribution in [3.05, 3.63) is 46.0 Å². The zero-order chi connectivity index (χ0) is 20.0. The van der Waals surface area contributed by atoms with Crippen LogP contribution in [0, 0.1) is 40.7 Å². The first-order valence-corrected chi connectivity index (χ1v) is 9.45. The number of carbonyl (C=O) groups is 3. The van der Waals surface area contributed by atoms with Crippen molar-refractivity contribution >= 4 is 29.1 Å². The summed E-state index contributed by atoms with van der Waals surface area (Å²) in [5.41, 5.74) is 1.00. The Morgan fingerprint density at radius 2 is 1.79 bits per heavy atom. The number of nitro benzene ring substituents is 1. The monoisotopic (exact) mass is 383 g/mol. The fourth-order valence-electron chi connectivity index (χ4n) is 4.68. The molecule has 4 atom stereocenters. The Morgan fingerprint density at radius 3 is 2.29 bits per heavy atom. The van der Waals surface area contributed by atoms with Crippen molar-refractivity contribution < 1.29 is 19.3 Å². The number of fused-ring (bicyclic) bond motifs is 1. The van der Waals surface area contributed by atoms with Crippen LogP contribution in [-0.2, 0) is 14.4 Å². The molecule has 3 aliphatic carbocycles. The van der Waals surface area contributed by atoms with Crippen molar-refractivity contribution in [1.82, 2.24) is 4.90 Å². The number of nitrogens with zero attached hydrogens (tertiary/aromatic N) is 2. The first kappa shape index (κ1) is 18.3. The van der Waals surface area contributed by atoms with E-state index in [1.165, 1.54) is 23.1 Å². The van der Waals surface area contributed by atoms with Crippen molar-refractivity contribution in [2.45, 2.75) is 26.2 Å². The van der Waals surface area contributed by atoms with E-state index in [4.69, 9.17) is 0 Å². The van der Waals surface area contributed by atoms with E-state index >= 15 is 0 Å². The molecule has 2 fully saturated rings. The van der Waals surface area contributed by atoms with Crippen LogP contribution in [0.4, 0.5) is 11.4 Å². The third kappa shape index (κ3) is 2.98. The van der Waals surface area contributed by atoms with Crippen LogP contribution >= 0.6 is 0 Å². The van der Waals surface area contributed by atoms with Crippen LogP contribution in [0.5, 0.6) is 0 Å². The summed E-state index contributed by atoms with van der Waals surface area (Å²) in [7, 11) is 0. The minimum absolute atomic E-state index is 0.00386. The van der Waals surface area contributed by atoms with Crippen molar-refractivity contribution in [2.75, 3.05) is 11.9 Å². The Labute approximate surface area is 161 Å². The topological polar surface area (TPSA) is 110 Å². The van der Waals surface area contributed by atoms with Gasteiger partial charge in [0.25, 0.3) is 5.69 Å². The minimum Gasteiger partial charge on any atom is -0.326 e. The first-order chi connectivity index (χ1) is 13.4. The molecular weight excluding hydrogens is 362 g/mol. The van der Waals surface area contributed by atoms with Gasteiger partial charge < -0.3 is 5.32 Å². The predicted molar refractivity (Wildman–Crippen MR) is 100 cm³/mol. The van der Waals surface area contributed by atoms with Gasteiger partial charge >= 0.3 is 0 Å².